The van der Waals surface area contributed by atoms with Crippen molar-refractivity contribution in [3.8, 4) is 11.8 Å². The van der Waals surface area contributed by atoms with Crippen molar-refractivity contribution >= 4 is 11.6 Å². The molecule has 0 bridgehead atoms. The lowest BCUT2D eigenvalue weighted by Crippen LogP contribution is -2.01. The average molecular weight is 277 g/mol. The van der Waals surface area contributed by atoms with Crippen LogP contribution in [-0.2, 0) is 12.5 Å². The van der Waals surface area contributed by atoms with Crippen LogP contribution in [0, 0.1) is 17.1 Å². The minimum Gasteiger partial charge on any atom is -0.485 e. The van der Waals surface area contributed by atoms with E-state index in [2.05, 4.69) is 4.98 Å². The van der Waals surface area contributed by atoms with E-state index in [1.165, 1.54) is 12.3 Å². The van der Waals surface area contributed by atoms with Crippen molar-refractivity contribution in [2.24, 2.45) is 0 Å². The highest BCUT2D eigenvalue weighted by molar-refractivity contribution is 6.17. The van der Waals surface area contributed by atoms with Gasteiger partial charge in [-0.25, -0.2) is 9.37 Å². The molecule has 0 saturated carbocycles. The fraction of sp³-hybridized carbons (Fsp3) is 0.143. The molecule has 1 aromatic carbocycles. The molecule has 0 unspecified atom stereocenters. The van der Waals surface area contributed by atoms with Gasteiger partial charge < -0.3 is 4.74 Å². The van der Waals surface area contributed by atoms with Crippen LogP contribution in [0.4, 0.5) is 4.39 Å². The van der Waals surface area contributed by atoms with Gasteiger partial charge in [0, 0.05) is 11.8 Å². The van der Waals surface area contributed by atoms with Crippen LogP contribution in [-0.4, -0.2) is 4.98 Å². The topological polar surface area (TPSA) is 45.9 Å². The average Bonchev–Trinajstić information content (AvgIpc) is 2.46. The summed E-state index contributed by atoms with van der Waals surface area (Å²) in [4.78, 5) is 3.85. The third-order valence-corrected chi connectivity index (χ3v) is 2.80. The van der Waals surface area contributed by atoms with Gasteiger partial charge in [0.2, 0.25) is 0 Å². The number of ether oxygens (including phenoxy) is 1. The quantitative estimate of drug-likeness (QED) is 0.804. The maximum atomic E-state index is 13.6. The van der Waals surface area contributed by atoms with Crippen molar-refractivity contribution < 1.29 is 9.13 Å². The van der Waals surface area contributed by atoms with Crippen molar-refractivity contribution in [2.75, 3.05) is 0 Å². The molecule has 1 aromatic heterocycles. The van der Waals surface area contributed by atoms with Crippen molar-refractivity contribution in [3.63, 3.8) is 0 Å². The molecule has 0 aliphatic heterocycles. The van der Waals surface area contributed by atoms with E-state index in [-0.39, 0.29) is 18.2 Å². The Balaban J connectivity index is 2.17. The van der Waals surface area contributed by atoms with Crippen LogP contribution >= 0.6 is 11.6 Å². The van der Waals surface area contributed by atoms with Crippen LogP contribution in [0.25, 0.3) is 0 Å². The molecule has 0 N–H and O–H groups in total. The molecule has 19 heavy (non-hydrogen) atoms. The normalized spacial score (nSPS) is 9.95. The number of alkyl halides is 1. The summed E-state index contributed by atoms with van der Waals surface area (Å²) in [6.45, 7) is 0.155. The number of para-hydroxylation sites is 1. The maximum Gasteiger partial charge on any atom is 0.165 e. The third-order valence-electron chi connectivity index (χ3n) is 2.51. The number of rotatable bonds is 4. The largest absolute Gasteiger partial charge is 0.485 e. The van der Waals surface area contributed by atoms with Gasteiger partial charge in [0.05, 0.1) is 5.88 Å². The van der Waals surface area contributed by atoms with Crippen LogP contribution in [0.1, 0.15) is 16.8 Å². The lowest BCUT2D eigenvalue weighted by atomic mass is 10.2. The lowest BCUT2D eigenvalue weighted by molar-refractivity contribution is 0.287. The molecule has 0 fully saturated rings. The second-order valence-corrected chi connectivity index (χ2v) is 4.08. The van der Waals surface area contributed by atoms with E-state index in [1.54, 1.807) is 24.3 Å². The van der Waals surface area contributed by atoms with Crippen LogP contribution in [0.2, 0.25) is 0 Å². The van der Waals surface area contributed by atoms with Crippen molar-refractivity contribution in [3.05, 3.63) is 59.2 Å². The number of aromatic nitrogens is 1. The molecule has 0 atom stereocenters. The maximum absolute atomic E-state index is 13.6. The fourth-order valence-electron chi connectivity index (χ4n) is 1.60. The molecule has 2 rings (SSSR count). The van der Waals surface area contributed by atoms with E-state index in [0.29, 0.717) is 11.3 Å². The number of benzene rings is 1. The second-order valence-electron chi connectivity index (χ2n) is 3.81. The van der Waals surface area contributed by atoms with Gasteiger partial charge in [0.25, 0.3) is 0 Å². The minimum atomic E-state index is -0.451. The molecule has 0 saturated heterocycles. The molecule has 0 amide bonds. The number of nitrogens with zero attached hydrogens (tertiary/aromatic N) is 2. The fourth-order valence-corrected chi connectivity index (χ4v) is 1.81. The molecule has 3 nitrogen and oxygen atoms in total. The number of nitriles is 1. The van der Waals surface area contributed by atoms with E-state index in [9.17, 15) is 4.39 Å². The molecule has 0 radical (unpaired) electrons. The number of pyridine rings is 1. The van der Waals surface area contributed by atoms with E-state index in [4.69, 9.17) is 21.6 Å². The Morgan fingerprint density at radius 2 is 2.21 bits per heavy atom. The number of hydrogen-bond donors (Lipinski definition) is 0. The summed E-state index contributed by atoms with van der Waals surface area (Å²) in [5.74, 6) is -0.132. The molecule has 0 spiro atoms. The van der Waals surface area contributed by atoms with Gasteiger partial charge in [0.1, 0.15) is 18.4 Å². The van der Waals surface area contributed by atoms with E-state index in [0.717, 1.165) is 5.56 Å². The molecule has 0 aliphatic rings. The first-order valence-electron chi connectivity index (χ1n) is 5.55. The van der Waals surface area contributed by atoms with Crippen LogP contribution in [0.15, 0.2) is 36.5 Å². The molecule has 1 heterocycles. The van der Waals surface area contributed by atoms with Gasteiger partial charge in [-0.1, -0.05) is 12.1 Å². The highest BCUT2D eigenvalue weighted by Crippen LogP contribution is 2.25. The molecule has 5 heteroatoms. The van der Waals surface area contributed by atoms with Crippen LogP contribution in [0.3, 0.4) is 0 Å². The molecular formula is C14H10ClFN2O. The zero-order valence-corrected chi connectivity index (χ0v) is 10.7. The Hall–Kier alpha value is -2.12. The van der Waals surface area contributed by atoms with Crippen LogP contribution in [0.5, 0.6) is 5.75 Å². The Labute approximate surface area is 115 Å². The lowest BCUT2D eigenvalue weighted by Gasteiger charge is -2.10. The number of halogens is 2. The summed E-state index contributed by atoms with van der Waals surface area (Å²) in [6, 6.07) is 9.85. The third kappa shape index (κ3) is 3.21. The summed E-state index contributed by atoms with van der Waals surface area (Å²) >= 11 is 5.73. The molecular weight excluding hydrogens is 267 g/mol. The summed E-state index contributed by atoms with van der Waals surface area (Å²) in [5.41, 5.74) is 1.64. The first-order valence-corrected chi connectivity index (χ1v) is 6.09. The minimum absolute atomic E-state index is 0.146. The van der Waals surface area contributed by atoms with Gasteiger partial charge in [-0.3, -0.25) is 0 Å². The smallest absolute Gasteiger partial charge is 0.165 e. The predicted molar refractivity (Wildman–Crippen MR) is 69.2 cm³/mol. The monoisotopic (exact) mass is 276 g/mol. The Morgan fingerprint density at radius 1 is 1.37 bits per heavy atom. The van der Waals surface area contributed by atoms with Gasteiger partial charge in [0.15, 0.2) is 11.6 Å². The summed E-state index contributed by atoms with van der Waals surface area (Å²) in [5, 5.41) is 8.74. The molecule has 2 aromatic rings. The first-order chi connectivity index (χ1) is 9.24. The van der Waals surface area contributed by atoms with Gasteiger partial charge >= 0.3 is 0 Å². The Bertz CT molecular complexity index is 625. The highest BCUT2D eigenvalue weighted by Gasteiger charge is 2.09. The standard InChI is InChI=1S/C14H10ClFN2O/c15-7-11-2-1-3-13(16)14(11)19-9-10-4-5-18-12(6-10)8-17/h1-6H,7,9H2. The SMILES string of the molecule is N#Cc1cc(COc2c(F)cccc2CCl)ccn1. The predicted octanol–water partition coefficient (Wildman–Crippen LogP) is 3.41. The Morgan fingerprint density at radius 3 is 2.95 bits per heavy atom. The van der Waals surface area contributed by atoms with Crippen molar-refractivity contribution in [1.29, 1.82) is 5.26 Å². The zero-order chi connectivity index (χ0) is 13.7. The van der Waals surface area contributed by atoms with Crippen LogP contribution < -0.4 is 4.74 Å². The van der Waals surface area contributed by atoms with Gasteiger partial charge in [-0.15, -0.1) is 11.6 Å². The number of hydrogen-bond acceptors (Lipinski definition) is 3. The van der Waals surface area contributed by atoms with Gasteiger partial charge in [-0.2, -0.15) is 5.26 Å². The zero-order valence-electron chi connectivity index (χ0n) is 9.94. The van der Waals surface area contributed by atoms with E-state index >= 15 is 0 Å². The van der Waals surface area contributed by atoms with Crippen molar-refractivity contribution in [1.82, 2.24) is 4.98 Å². The van der Waals surface area contributed by atoms with E-state index < -0.39 is 5.82 Å². The van der Waals surface area contributed by atoms with Crippen molar-refractivity contribution in [2.45, 2.75) is 12.5 Å². The molecule has 0 aliphatic carbocycles. The Kier molecular flexibility index (Phi) is 4.32. The summed E-state index contributed by atoms with van der Waals surface area (Å²) in [7, 11) is 0. The van der Waals surface area contributed by atoms with Gasteiger partial charge in [-0.05, 0) is 23.8 Å². The highest BCUT2D eigenvalue weighted by atomic mass is 35.5. The summed E-state index contributed by atoms with van der Waals surface area (Å²) < 4.78 is 19.1. The summed E-state index contributed by atoms with van der Waals surface area (Å²) in [6.07, 6.45) is 1.51. The molecule has 96 valence electrons. The second kappa shape index (κ2) is 6.17. The van der Waals surface area contributed by atoms with E-state index in [1.807, 2.05) is 6.07 Å². The first kappa shape index (κ1) is 13.3.